The Morgan fingerprint density at radius 2 is 1.89 bits per heavy atom. The van der Waals surface area contributed by atoms with Gasteiger partial charge in [0, 0.05) is 45.3 Å². The van der Waals surface area contributed by atoms with E-state index in [9.17, 15) is 9.59 Å². The fraction of sp³-hybridized carbons (Fsp3) is 0.750. The van der Waals surface area contributed by atoms with Gasteiger partial charge in [0.15, 0.2) is 0 Å². The summed E-state index contributed by atoms with van der Waals surface area (Å²) in [6.07, 6.45) is 8.18. The van der Waals surface area contributed by atoms with Crippen LogP contribution in [-0.4, -0.2) is 64.2 Å². The number of aromatic nitrogens is 2. The van der Waals surface area contributed by atoms with Crippen LogP contribution in [0.25, 0.3) is 0 Å². The van der Waals surface area contributed by atoms with Gasteiger partial charge in [-0.15, -0.1) is 0 Å². The first kappa shape index (κ1) is 18.5. The summed E-state index contributed by atoms with van der Waals surface area (Å²) in [5, 5.41) is 4.09. The van der Waals surface area contributed by atoms with Gasteiger partial charge in [-0.05, 0) is 50.0 Å². The summed E-state index contributed by atoms with van der Waals surface area (Å²) in [5.74, 6) is 0.620. The van der Waals surface area contributed by atoms with Gasteiger partial charge in [0.05, 0.1) is 12.3 Å². The minimum Gasteiger partial charge on any atom is -0.365 e. The number of nitrogens with zero attached hydrogens (tertiary/aromatic N) is 4. The third-order valence-electron chi connectivity index (χ3n) is 6.67. The van der Waals surface area contributed by atoms with Crippen molar-refractivity contribution in [3.8, 4) is 0 Å². The summed E-state index contributed by atoms with van der Waals surface area (Å²) >= 11 is 0. The molecule has 2 saturated heterocycles. The zero-order valence-corrected chi connectivity index (χ0v) is 16.2. The van der Waals surface area contributed by atoms with E-state index in [0.29, 0.717) is 12.5 Å². The van der Waals surface area contributed by atoms with Crippen LogP contribution in [0.15, 0.2) is 12.3 Å². The molecule has 0 N–H and O–H groups in total. The van der Waals surface area contributed by atoms with E-state index in [2.05, 4.69) is 10.00 Å². The predicted octanol–water partition coefficient (Wildman–Crippen LogP) is 1.58. The van der Waals surface area contributed by atoms with Crippen molar-refractivity contribution in [3.63, 3.8) is 0 Å². The molecule has 4 rings (SSSR count). The second kappa shape index (κ2) is 7.62. The van der Waals surface area contributed by atoms with Crippen LogP contribution in [0, 0.1) is 11.3 Å². The lowest BCUT2D eigenvalue weighted by molar-refractivity contribution is -0.138. The maximum absolute atomic E-state index is 12.7. The van der Waals surface area contributed by atoms with E-state index in [1.165, 1.54) is 6.42 Å². The molecular formula is C20H30N4O3. The topological polar surface area (TPSA) is 67.7 Å². The van der Waals surface area contributed by atoms with Crippen LogP contribution in [0.3, 0.4) is 0 Å². The summed E-state index contributed by atoms with van der Waals surface area (Å²) in [4.78, 5) is 29.1. The van der Waals surface area contributed by atoms with Gasteiger partial charge >= 0.3 is 0 Å². The quantitative estimate of drug-likeness (QED) is 0.785. The van der Waals surface area contributed by atoms with E-state index < -0.39 is 0 Å². The Morgan fingerprint density at radius 3 is 2.56 bits per heavy atom. The van der Waals surface area contributed by atoms with Crippen LogP contribution >= 0.6 is 0 Å². The number of piperidine rings is 2. The first-order valence-corrected chi connectivity index (χ1v) is 10.2. The van der Waals surface area contributed by atoms with Gasteiger partial charge in [0.1, 0.15) is 6.61 Å². The lowest BCUT2D eigenvalue weighted by Crippen LogP contribution is -2.43. The smallest absolute Gasteiger partial charge is 0.248 e. The van der Waals surface area contributed by atoms with Gasteiger partial charge in [0.2, 0.25) is 11.8 Å². The fourth-order valence-corrected chi connectivity index (χ4v) is 4.66. The van der Waals surface area contributed by atoms with Crippen molar-refractivity contribution in [2.45, 2.75) is 45.1 Å². The van der Waals surface area contributed by atoms with Crippen molar-refractivity contribution in [1.29, 1.82) is 0 Å². The molecule has 3 fully saturated rings. The third kappa shape index (κ3) is 3.88. The number of likely N-dealkylation sites (tertiary alicyclic amines) is 2. The van der Waals surface area contributed by atoms with E-state index in [4.69, 9.17) is 4.74 Å². The second-order valence-electron chi connectivity index (χ2n) is 8.32. The van der Waals surface area contributed by atoms with Crippen molar-refractivity contribution in [2.75, 3.05) is 32.8 Å². The monoisotopic (exact) mass is 374 g/mol. The van der Waals surface area contributed by atoms with E-state index >= 15 is 0 Å². The molecule has 2 aliphatic heterocycles. The molecule has 1 atom stereocenters. The summed E-state index contributed by atoms with van der Waals surface area (Å²) in [7, 11) is 1.86. The van der Waals surface area contributed by atoms with Crippen molar-refractivity contribution in [1.82, 2.24) is 19.6 Å². The Bertz CT molecular complexity index is 687. The molecule has 0 bridgehead atoms. The molecule has 3 heterocycles. The van der Waals surface area contributed by atoms with Crippen LogP contribution in [0.1, 0.15) is 44.2 Å². The molecule has 0 aromatic carbocycles. The van der Waals surface area contributed by atoms with Crippen LogP contribution in [0.4, 0.5) is 0 Å². The molecule has 1 aromatic rings. The minimum atomic E-state index is 0.0478. The van der Waals surface area contributed by atoms with Gasteiger partial charge in [-0.2, -0.15) is 5.10 Å². The predicted molar refractivity (Wildman–Crippen MR) is 99.6 cm³/mol. The largest absolute Gasteiger partial charge is 0.365 e. The molecule has 27 heavy (non-hydrogen) atoms. The number of carbonyl (C=O) groups is 2. The number of aryl methyl sites for hydroxylation is 1. The molecule has 1 aromatic heterocycles. The Morgan fingerprint density at radius 1 is 1.15 bits per heavy atom. The number of hydrogen-bond donors (Lipinski definition) is 0. The van der Waals surface area contributed by atoms with Gasteiger partial charge in [-0.1, -0.05) is 0 Å². The van der Waals surface area contributed by atoms with Gasteiger partial charge in [0.25, 0.3) is 0 Å². The van der Waals surface area contributed by atoms with E-state index in [1.807, 2.05) is 18.0 Å². The number of carbonyl (C=O) groups excluding carboxylic acids is 2. The summed E-state index contributed by atoms with van der Waals surface area (Å²) < 4.78 is 7.32. The minimum absolute atomic E-state index is 0.0478. The molecule has 7 nitrogen and oxygen atoms in total. The average Bonchev–Trinajstić information content (AvgIpc) is 3.24. The lowest BCUT2D eigenvalue weighted by atomic mass is 9.90. The van der Waals surface area contributed by atoms with Crippen LogP contribution in [0.5, 0.6) is 0 Å². The van der Waals surface area contributed by atoms with Gasteiger partial charge < -0.3 is 14.5 Å². The normalized spacial score (nSPS) is 24.3. The first-order valence-electron chi connectivity index (χ1n) is 10.2. The van der Waals surface area contributed by atoms with Crippen LogP contribution in [0.2, 0.25) is 0 Å². The van der Waals surface area contributed by atoms with Crippen LogP contribution < -0.4 is 0 Å². The lowest BCUT2D eigenvalue weighted by Gasteiger charge is -2.34. The average molecular weight is 374 g/mol. The zero-order valence-electron chi connectivity index (χ0n) is 16.2. The summed E-state index contributed by atoms with van der Waals surface area (Å²) in [6, 6.07) is 1.89. The molecule has 1 spiro atoms. The maximum atomic E-state index is 12.7. The number of ether oxygens (including phenoxy) is 1. The van der Waals surface area contributed by atoms with Crippen LogP contribution in [-0.2, 0) is 28.0 Å². The Hall–Kier alpha value is -1.89. The number of rotatable bonds is 5. The summed E-state index contributed by atoms with van der Waals surface area (Å²) in [5.41, 5.74) is 1.12. The molecule has 1 saturated carbocycles. The molecule has 1 unspecified atom stereocenters. The highest BCUT2D eigenvalue weighted by Gasteiger charge is 2.59. The second-order valence-corrected chi connectivity index (χ2v) is 8.32. The molecule has 2 amide bonds. The Kier molecular flexibility index (Phi) is 5.21. The third-order valence-corrected chi connectivity index (χ3v) is 6.67. The molecular weight excluding hydrogens is 344 g/mol. The highest BCUT2D eigenvalue weighted by Crippen LogP contribution is 2.60. The van der Waals surface area contributed by atoms with Crippen molar-refractivity contribution >= 4 is 11.8 Å². The number of amides is 2. The molecule has 148 valence electrons. The van der Waals surface area contributed by atoms with Gasteiger partial charge in [-0.25, -0.2) is 0 Å². The molecule has 1 aliphatic carbocycles. The van der Waals surface area contributed by atoms with Crippen molar-refractivity contribution < 1.29 is 14.3 Å². The van der Waals surface area contributed by atoms with Gasteiger partial charge in [-0.3, -0.25) is 14.3 Å². The summed E-state index contributed by atoms with van der Waals surface area (Å²) in [6.45, 7) is 3.87. The highest BCUT2D eigenvalue weighted by molar-refractivity contribution is 5.83. The highest BCUT2D eigenvalue weighted by atomic mass is 16.5. The standard InChI is InChI=1S/C20H30N4O3/c1-22-16(5-8-21-22)14-27-15-18(25)23-11-6-20(7-12-23)13-17(20)19(26)24-9-3-2-4-10-24/h5,8,17H,2-4,6-7,9-15H2,1H3. The zero-order chi connectivity index (χ0) is 18.9. The Labute approximate surface area is 160 Å². The molecule has 0 radical (unpaired) electrons. The molecule has 7 heteroatoms. The first-order chi connectivity index (χ1) is 13.1. The van der Waals surface area contributed by atoms with Crippen molar-refractivity contribution in [3.05, 3.63) is 18.0 Å². The SMILES string of the molecule is Cn1nccc1COCC(=O)N1CCC2(CC1)CC2C(=O)N1CCCCC1. The van der Waals surface area contributed by atoms with Crippen molar-refractivity contribution in [2.24, 2.45) is 18.4 Å². The fourth-order valence-electron chi connectivity index (χ4n) is 4.66. The van der Waals surface area contributed by atoms with E-state index in [1.54, 1.807) is 10.9 Å². The van der Waals surface area contributed by atoms with E-state index in [-0.39, 0.29) is 23.8 Å². The Balaban J connectivity index is 1.20. The maximum Gasteiger partial charge on any atom is 0.248 e. The van der Waals surface area contributed by atoms with E-state index in [0.717, 1.165) is 64.0 Å². The number of hydrogen-bond acceptors (Lipinski definition) is 4. The molecule has 3 aliphatic rings.